The van der Waals surface area contributed by atoms with E-state index in [0.29, 0.717) is 5.92 Å². The summed E-state index contributed by atoms with van der Waals surface area (Å²) in [5.74, 6) is 1.43. The van der Waals surface area contributed by atoms with Crippen LogP contribution in [0.1, 0.15) is 39.4 Å². The predicted octanol–water partition coefficient (Wildman–Crippen LogP) is 3.94. The Hall–Kier alpha value is -2.29. The number of hydrogen-bond acceptors (Lipinski definition) is 2. The van der Waals surface area contributed by atoms with Gasteiger partial charge in [0.15, 0.2) is 0 Å². The van der Waals surface area contributed by atoms with Crippen LogP contribution in [-0.4, -0.2) is 31.0 Å². The molecule has 120 valence electrons. The summed E-state index contributed by atoms with van der Waals surface area (Å²) in [7, 11) is 1.68. The van der Waals surface area contributed by atoms with Crippen LogP contribution >= 0.6 is 0 Å². The van der Waals surface area contributed by atoms with E-state index in [0.717, 1.165) is 42.0 Å². The van der Waals surface area contributed by atoms with Crippen molar-refractivity contribution < 1.29 is 9.53 Å². The van der Waals surface area contributed by atoms with Gasteiger partial charge >= 0.3 is 0 Å². The minimum atomic E-state index is 0.146. The molecule has 0 radical (unpaired) electrons. The highest BCUT2D eigenvalue weighted by Gasteiger charge is 2.28. The fourth-order valence-corrected chi connectivity index (χ4v) is 3.37. The quantitative estimate of drug-likeness (QED) is 0.859. The predicted molar refractivity (Wildman–Crippen MR) is 92.2 cm³/mol. The molecule has 23 heavy (non-hydrogen) atoms. The topological polar surface area (TPSA) is 29.5 Å². The third-order valence-corrected chi connectivity index (χ3v) is 4.53. The normalized spacial score (nSPS) is 17.3. The number of hydrogen-bond donors (Lipinski definition) is 0. The molecule has 0 saturated carbocycles. The van der Waals surface area contributed by atoms with Crippen molar-refractivity contribution in [2.24, 2.45) is 0 Å². The van der Waals surface area contributed by atoms with Crippen molar-refractivity contribution in [2.45, 2.75) is 26.2 Å². The molecule has 0 aliphatic carbocycles. The minimum Gasteiger partial charge on any atom is -0.497 e. The molecule has 2 aromatic rings. The van der Waals surface area contributed by atoms with Gasteiger partial charge in [-0.25, -0.2) is 0 Å². The number of ether oxygens (including phenoxy) is 1. The maximum Gasteiger partial charge on any atom is 0.253 e. The second-order valence-electron chi connectivity index (χ2n) is 6.39. The third-order valence-electron chi connectivity index (χ3n) is 4.53. The number of carbonyl (C=O) groups is 1. The summed E-state index contributed by atoms with van der Waals surface area (Å²) in [4.78, 5) is 14.7. The van der Waals surface area contributed by atoms with E-state index in [4.69, 9.17) is 4.74 Å². The first-order valence-electron chi connectivity index (χ1n) is 8.08. The van der Waals surface area contributed by atoms with Crippen LogP contribution < -0.4 is 4.74 Å². The third kappa shape index (κ3) is 3.39. The first kappa shape index (κ1) is 15.6. The molecule has 1 fully saturated rings. The summed E-state index contributed by atoms with van der Waals surface area (Å²) < 4.78 is 5.21. The van der Waals surface area contributed by atoms with Crippen LogP contribution in [0.2, 0.25) is 0 Å². The molecule has 3 heteroatoms. The molecule has 1 unspecified atom stereocenters. The van der Waals surface area contributed by atoms with Gasteiger partial charge < -0.3 is 9.64 Å². The first-order chi connectivity index (χ1) is 11.1. The monoisotopic (exact) mass is 309 g/mol. The number of rotatable bonds is 3. The smallest absolute Gasteiger partial charge is 0.253 e. The van der Waals surface area contributed by atoms with Crippen LogP contribution in [0.5, 0.6) is 5.75 Å². The Labute approximate surface area is 137 Å². The highest BCUT2D eigenvalue weighted by atomic mass is 16.5. The number of likely N-dealkylation sites (tertiary alicyclic amines) is 1. The summed E-state index contributed by atoms with van der Waals surface area (Å²) in [5, 5.41) is 0. The molecule has 0 spiro atoms. The lowest BCUT2D eigenvalue weighted by Gasteiger charge is -2.17. The number of benzene rings is 2. The van der Waals surface area contributed by atoms with E-state index in [-0.39, 0.29) is 5.91 Å². The Morgan fingerprint density at radius 3 is 2.35 bits per heavy atom. The van der Waals surface area contributed by atoms with Crippen LogP contribution in [0.25, 0.3) is 0 Å². The largest absolute Gasteiger partial charge is 0.497 e. The molecule has 3 nitrogen and oxygen atoms in total. The van der Waals surface area contributed by atoms with Gasteiger partial charge in [0, 0.05) is 24.6 Å². The molecule has 1 saturated heterocycles. The molecule has 3 rings (SSSR count). The van der Waals surface area contributed by atoms with Gasteiger partial charge in [-0.15, -0.1) is 0 Å². The van der Waals surface area contributed by atoms with E-state index in [1.165, 1.54) is 5.56 Å². The van der Waals surface area contributed by atoms with Crippen LogP contribution in [-0.2, 0) is 0 Å². The lowest BCUT2D eigenvalue weighted by molar-refractivity contribution is 0.0790. The Kier molecular flexibility index (Phi) is 4.37. The van der Waals surface area contributed by atoms with Crippen LogP contribution in [0.4, 0.5) is 0 Å². The molecule has 2 aromatic carbocycles. The fraction of sp³-hybridized carbons (Fsp3) is 0.350. The molecule has 1 aliphatic rings. The van der Waals surface area contributed by atoms with Gasteiger partial charge in [0.1, 0.15) is 5.75 Å². The van der Waals surface area contributed by atoms with Crippen LogP contribution in [0.3, 0.4) is 0 Å². The second-order valence-corrected chi connectivity index (χ2v) is 6.39. The number of carbonyl (C=O) groups excluding carboxylic acids is 1. The van der Waals surface area contributed by atoms with Crippen molar-refractivity contribution in [3.05, 3.63) is 64.7 Å². The molecule has 1 heterocycles. The van der Waals surface area contributed by atoms with Crippen LogP contribution in [0, 0.1) is 13.8 Å². The summed E-state index contributed by atoms with van der Waals surface area (Å²) in [6, 6.07) is 14.3. The van der Waals surface area contributed by atoms with Crippen LogP contribution in [0.15, 0.2) is 42.5 Å². The van der Waals surface area contributed by atoms with E-state index >= 15 is 0 Å². The van der Waals surface area contributed by atoms with Crippen molar-refractivity contribution in [3.8, 4) is 5.75 Å². The molecule has 0 N–H and O–H groups in total. The number of methoxy groups -OCH3 is 1. The number of aryl methyl sites for hydroxylation is 2. The minimum absolute atomic E-state index is 0.146. The molecule has 1 atom stereocenters. The summed E-state index contributed by atoms with van der Waals surface area (Å²) in [6.07, 6.45) is 1.02. The fourth-order valence-electron chi connectivity index (χ4n) is 3.37. The Morgan fingerprint density at radius 1 is 1.09 bits per heavy atom. The second kappa shape index (κ2) is 6.45. The molecular weight excluding hydrogens is 286 g/mol. The van der Waals surface area contributed by atoms with Gasteiger partial charge in [0.25, 0.3) is 5.91 Å². The lowest BCUT2D eigenvalue weighted by atomic mass is 9.98. The zero-order valence-electron chi connectivity index (χ0n) is 14.0. The van der Waals surface area contributed by atoms with Crippen molar-refractivity contribution in [1.29, 1.82) is 0 Å². The summed E-state index contributed by atoms with van der Waals surface area (Å²) in [6.45, 7) is 5.68. The van der Waals surface area contributed by atoms with Crippen molar-refractivity contribution in [2.75, 3.05) is 20.2 Å². The summed E-state index contributed by atoms with van der Waals surface area (Å²) >= 11 is 0. The van der Waals surface area contributed by atoms with E-state index in [1.807, 2.05) is 43.0 Å². The first-order valence-corrected chi connectivity index (χ1v) is 8.08. The highest BCUT2D eigenvalue weighted by Crippen LogP contribution is 2.29. The summed E-state index contributed by atoms with van der Waals surface area (Å²) in [5.41, 5.74) is 4.36. The lowest BCUT2D eigenvalue weighted by Crippen LogP contribution is -2.28. The van der Waals surface area contributed by atoms with Crippen molar-refractivity contribution >= 4 is 5.91 Å². The van der Waals surface area contributed by atoms with E-state index in [1.54, 1.807) is 7.11 Å². The van der Waals surface area contributed by atoms with Gasteiger partial charge in [0.2, 0.25) is 0 Å². The average Bonchev–Trinajstić information content (AvgIpc) is 3.03. The average molecular weight is 309 g/mol. The molecule has 1 amide bonds. The Bertz CT molecular complexity index is 686. The maximum absolute atomic E-state index is 12.7. The number of amides is 1. The van der Waals surface area contributed by atoms with Gasteiger partial charge in [0.05, 0.1) is 7.11 Å². The molecule has 0 aromatic heterocycles. The van der Waals surface area contributed by atoms with E-state index in [2.05, 4.69) is 18.2 Å². The zero-order valence-corrected chi connectivity index (χ0v) is 14.0. The molecule has 1 aliphatic heterocycles. The number of nitrogens with zero attached hydrogens (tertiary/aromatic N) is 1. The van der Waals surface area contributed by atoms with E-state index in [9.17, 15) is 4.79 Å². The maximum atomic E-state index is 12.7. The van der Waals surface area contributed by atoms with Crippen molar-refractivity contribution in [3.63, 3.8) is 0 Å². The van der Waals surface area contributed by atoms with Gasteiger partial charge in [-0.3, -0.25) is 4.79 Å². The van der Waals surface area contributed by atoms with Gasteiger partial charge in [-0.2, -0.15) is 0 Å². The Balaban J connectivity index is 1.72. The van der Waals surface area contributed by atoms with Crippen molar-refractivity contribution in [1.82, 2.24) is 4.90 Å². The SMILES string of the molecule is COc1ccc(C2CCN(C(=O)c3cc(C)cc(C)c3)C2)cc1. The zero-order chi connectivity index (χ0) is 16.4. The standard InChI is InChI=1S/C20H23NO2/c1-14-10-15(2)12-18(11-14)20(22)21-9-8-17(13-21)16-4-6-19(23-3)7-5-16/h4-7,10-12,17H,8-9,13H2,1-3H3. The van der Waals surface area contributed by atoms with Gasteiger partial charge in [-0.1, -0.05) is 29.3 Å². The highest BCUT2D eigenvalue weighted by molar-refractivity contribution is 5.94. The molecule has 0 bridgehead atoms. The van der Waals surface area contributed by atoms with E-state index < -0.39 is 0 Å². The van der Waals surface area contributed by atoms with Gasteiger partial charge in [-0.05, 0) is 50.1 Å². The Morgan fingerprint density at radius 2 is 1.74 bits per heavy atom. The molecular formula is C20H23NO2.